The molecule has 0 aliphatic carbocycles. The highest BCUT2D eigenvalue weighted by molar-refractivity contribution is 7.10. The summed E-state index contributed by atoms with van der Waals surface area (Å²) in [6.45, 7) is 3.53. The van der Waals surface area contributed by atoms with Gasteiger partial charge in [-0.25, -0.2) is 9.88 Å². The number of anilines is 1. The average Bonchev–Trinajstić information content (AvgIpc) is 2.82. The Labute approximate surface area is 102 Å². The Hall–Kier alpha value is -1.60. The van der Waals surface area contributed by atoms with Crippen molar-refractivity contribution in [3.63, 3.8) is 0 Å². The molecular weight excluding hydrogens is 242 g/mol. The Balaban J connectivity index is 2.30. The van der Waals surface area contributed by atoms with Crippen LogP contribution in [0, 0.1) is 0 Å². The largest absolute Gasteiger partial charge is 0.377 e. The predicted molar refractivity (Wildman–Crippen MR) is 61.5 cm³/mol. The van der Waals surface area contributed by atoms with Gasteiger partial charge in [-0.3, -0.25) is 9.59 Å². The van der Waals surface area contributed by atoms with Crippen molar-refractivity contribution < 1.29 is 14.3 Å². The summed E-state index contributed by atoms with van der Waals surface area (Å²) < 4.78 is 8.89. The monoisotopic (exact) mass is 253 g/mol. The number of amides is 2. The summed E-state index contributed by atoms with van der Waals surface area (Å²) in [5.41, 5.74) is 0.914. The Morgan fingerprint density at radius 1 is 1.24 bits per heavy atom. The summed E-state index contributed by atoms with van der Waals surface area (Å²) in [6, 6.07) is 0. The molecule has 0 spiro atoms. The fraction of sp³-hybridized carbons (Fsp3) is 0.400. The second kappa shape index (κ2) is 4.34. The number of nitrogens with zero attached hydrogens (tertiary/aromatic N) is 3. The molecule has 7 heteroatoms. The van der Waals surface area contributed by atoms with Crippen molar-refractivity contribution >= 4 is 28.5 Å². The molecule has 1 aromatic rings. The Morgan fingerprint density at radius 2 is 1.82 bits per heavy atom. The minimum atomic E-state index is -0.326. The van der Waals surface area contributed by atoms with Gasteiger partial charge in [0, 0.05) is 29.8 Å². The average molecular weight is 253 g/mol. The van der Waals surface area contributed by atoms with E-state index in [1.165, 1.54) is 7.11 Å². The zero-order valence-corrected chi connectivity index (χ0v) is 10.5. The molecule has 0 radical (unpaired) electrons. The summed E-state index contributed by atoms with van der Waals surface area (Å²) >= 11 is 1.01. The molecule has 2 amide bonds. The number of hydrogen-bond donors (Lipinski definition) is 0. The van der Waals surface area contributed by atoms with Gasteiger partial charge in [0.25, 0.3) is 11.8 Å². The molecule has 0 bridgehead atoms. The molecule has 1 aliphatic rings. The van der Waals surface area contributed by atoms with Gasteiger partial charge in [0.05, 0.1) is 0 Å². The fourth-order valence-electron chi connectivity index (χ4n) is 1.45. The molecule has 17 heavy (non-hydrogen) atoms. The van der Waals surface area contributed by atoms with Crippen molar-refractivity contribution in [2.75, 3.05) is 12.0 Å². The second-order valence-corrected chi connectivity index (χ2v) is 4.35. The highest BCUT2D eigenvalue weighted by Gasteiger charge is 2.36. The van der Waals surface area contributed by atoms with E-state index in [1.807, 2.05) is 0 Å². The first-order valence-electron chi connectivity index (χ1n) is 4.94. The lowest BCUT2D eigenvalue weighted by Gasteiger charge is -2.09. The van der Waals surface area contributed by atoms with Crippen LogP contribution in [0.2, 0.25) is 0 Å². The predicted octanol–water partition coefficient (Wildman–Crippen LogP) is 0.894. The summed E-state index contributed by atoms with van der Waals surface area (Å²) in [4.78, 5) is 28.8. The molecule has 0 N–H and O–H groups in total. The second-order valence-electron chi connectivity index (χ2n) is 3.62. The van der Waals surface area contributed by atoms with E-state index in [2.05, 4.69) is 9.36 Å². The van der Waals surface area contributed by atoms with Crippen LogP contribution in [-0.2, 0) is 20.9 Å². The minimum absolute atomic E-state index is 0.262. The lowest BCUT2D eigenvalue weighted by Crippen LogP contribution is -2.31. The molecule has 0 saturated carbocycles. The van der Waals surface area contributed by atoms with E-state index in [0.717, 1.165) is 16.4 Å². The van der Waals surface area contributed by atoms with Crippen molar-refractivity contribution in [3.8, 4) is 0 Å². The highest BCUT2D eigenvalue weighted by atomic mass is 32.1. The van der Waals surface area contributed by atoms with Crippen LogP contribution in [0.1, 0.15) is 19.7 Å². The molecule has 0 atom stereocenters. The molecule has 6 nitrogen and oxygen atoms in total. The van der Waals surface area contributed by atoms with E-state index < -0.39 is 0 Å². The van der Waals surface area contributed by atoms with E-state index >= 15 is 0 Å². The molecule has 2 rings (SSSR count). The molecule has 0 unspecified atom stereocenters. The summed E-state index contributed by atoms with van der Waals surface area (Å²) in [7, 11) is 1.53. The van der Waals surface area contributed by atoms with E-state index in [9.17, 15) is 9.59 Å². The van der Waals surface area contributed by atoms with Gasteiger partial charge in [0.2, 0.25) is 5.13 Å². The normalized spacial score (nSPS) is 16.3. The minimum Gasteiger partial charge on any atom is -0.377 e. The zero-order chi connectivity index (χ0) is 12.6. The van der Waals surface area contributed by atoms with Crippen LogP contribution >= 0.6 is 11.5 Å². The maximum absolute atomic E-state index is 11.8. The molecule has 0 aromatic carbocycles. The van der Waals surface area contributed by atoms with Crippen LogP contribution in [0.15, 0.2) is 11.1 Å². The molecule has 2 heterocycles. The number of ether oxygens (including phenoxy) is 1. The number of aromatic nitrogens is 2. The fourth-order valence-corrected chi connectivity index (χ4v) is 2.12. The van der Waals surface area contributed by atoms with Gasteiger partial charge in [0.1, 0.15) is 6.61 Å². The highest BCUT2D eigenvalue weighted by Crippen LogP contribution is 2.27. The number of carbonyl (C=O) groups excluding carboxylic acids is 2. The Bertz CT molecular complexity index is 497. The standard InChI is InChI=1S/C10H11N3O3S/c1-5-6(2)9(15)13(8(5)14)10-11-7(4-16-3)12-17-10/h4H2,1-3H3. The molecule has 1 aliphatic heterocycles. The van der Waals surface area contributed by atoms with E-state index in [1.54, 1.807) is 13.8 Å². The SMILES string of the molecule is COCc1nsc(N2C(=O)C(C)=C(C)C2=O)n1. The molecule has 0 saturated heterocycles. The van der Waals surface area contributed by atoms with Crippen LogP contribution in [0.25, 0.3) is 0 Å². The van der Waals surface area contributed by atoms with Crippen LogP contribution in [0.4, 0.5) is 5.13 Å². The van der Waals surface area contributed by atoms with Gasteiger partial charge in [-0.1, -0.05) is 0 Å². The summed E-state index contributed by atoms with van der Waals surface area (Å²) in [5.74, 6) is -0.185. The van der Waals surface area contributed by atoms with Crippen LogP contribution < -0.4 is 4.90 Å². The molecule has 90 valence electrons. The number of carbonyl (C=O) groups is 2. The smallest absolute Gasteiger partial charge is 0.263 e. The van der Waals surface area contributed by atoms with E-state index in [0.29, 0.717) is 22.1 Å². The van der Waals surface area contributed by atoms with Gasteiger partial charge in [-0.15, -0.1) is 0 Å². The number of imide groups is 1. The maximum Gasteiger partial charge on any atom is 0.263 e. The third kappa shape index (κ3) is 1.87. The van der Waals surface area contributed by atoms with Crippen molar-refractivity contribution in [3.05, 3.63) is 17.0 Å². The third-order valence-electron chi connectivity index (χ3n) is 2.53. The van der Waals surface area contributed by atoms with Gasteiger partial charge in [-0.2, -0.15) is 4.37 Å². The van der Waals surface area contributed by atoms with Gasteiger partial charge < -0.3 is 4.74 Å². The van der Waals surface area contributed by atoms with E-state index in [4.69, 9.17) is 4.74 Å². The topological polar surface area (TPSA) is 72.4 Å². The maximum atomic E-state index is 11.8. The Kier molecular flexibility index (Phi) is 3.03. The first-order chi connectivity index (χ1) is 8.06. The molecular formula is C10H11N3O3S. The third-order valence-corrected chi connectivity index (χ3v) is 3.27. The van der Waals surface area contributed by atoms with E-state index in [-0.39, 0.29) is 18.4 Å². The summed E-state index contributed by atoms with van der Waals surface area (Å²) in [5, 5.41) is 0.295. The molecule has 1 aromatic heterocycles. The zero-order valence-electron chi connectivity index (χ0n) is 9.68. The van der Waals surface area contributed by atoms with Crippen LogP contribution in [-0.4, -0.2) is 28.3 Å². The number of methoxy groups -OCH3 is 1. The molecule has 0 fully saturated rings. The first kappa shape index (κ1) is 11.9. The summed E-state index contributed by atoms with van der Waals surface area (Å²) in [6.07, 6.45) is 0. The number of rotatable bonds is 3. The van der Waals surface area contributed by atoms with Crippen molar-refractivity contribution in [2.24, 2.45) is 0 Å². The first-order valence-corrected chi connectivity index (χ1v) is 5.71. The number of hydrogen-bond acceptors (Lipinski definition) is 6. The Morgan fingerprint density at radius 3 is 2.35 bits per heavy atom. The lowest BCUT2D eigenvalue weighted by atomic mass is 10.2. The van der Waals surface area contributed by atoms with Crippen molar-refractivity contribution in [2.45, 2.75) is 20.5 Å². The van der Waals surface area contributed by atoms with Gasteiger partial charge in [-0.05, 0) is 13.8 Å². The quantitative estimate of drug-likeness (QED) is 0.748. The van der Waals surface area contributed by atoms with Crippen molar-refractivity contribution in [1.29, 1.82) is 0 Å². The van der Waals surface area contributed by atoms with Gasteiger partial charge >= 0.3 is 0 Å². The van der Waals surface area contributed by atoms with Gasteiger partial charge in [0.15, 0.2) is 5.82 Å². The van der Waals surface area contributed by atoms with Crippen LogP contribution in [0.3, 0.4) is 0 Å². The lowest BCUT2D eigenvalue weighted by molar-refractivity contribution is -0.120. The van der Waals surface area contributed by atoms with Crippen molar-refractivity contribution in [1.82, 2.24) is 9.36 Å². The van der Waals surface area contributed by atoms with Crippen LogP contribution in [0.5, 0.6) is 0 Å².